The fourth-order valence-electron chi connectivity index (χ4n) is 5.30. The zero-order chi connectivity index (χ0) is 28.9. The van der Waals surface area contributed by atoms with Gasteiger partial charge in [0.2, 0.25) is 12.0 Å². The van der Waals surface area contributed by atoms with Crippen LogP contribution in [-0.2, 0) is 27.3 Å². The highest BCUT2D eigenvalue weighted by Crippen LogP contribution is 2.41. The Kier molecular flexibility index (Phi) is 8.01. The fourth-order valence-corrected chi connectivity index (χ4v) is 5.30. The number of carbonyl (C=O) groups is 3. The van der Waals surface area contributed by atoms with E-state index >= 15 is 0 Å². The SMILES string of the molecule is COc1ccc2c(c1OC(C(=O)O)c1ccccc1)CC(C(=O)O)N(C(=O)C(c1ccccc1)c1ccccc1)C2. The molecular weight excluding hydrogens is 522 g/mol. The molecule has 5 rings (SSSR count). The van der Waals surface area contributed by atoms with Crippen molar-refractivity contribution in [2.24, 2.45) is 0 Å². The van der Waals surface area contributed by atoms with E-state index in [0.29, 0.717) is 16.7 Å². The Hall–Kier alpha value is -5.11. The zero-order valence-electron chi connectivity index (χ0n) is 22.3. The first-order chi connectivity index (χ1) is 19.9. The van der Waals surface area contributed by atoms with Crippen LogP contribution in [0, 0.1) is 0 Å². The van der Waals surface area contributed by atoms with E-state index in [9.17, 15) is 24.6 Å². The quantitative estimate of drug-likeness (QED) is 0.299. The van der Waals surface area contributed by atoms with Crippen molar-refractivity contribution in [2.45, 2.75) is 31.0 Å². The van der Waals surface area contributed by atoms with E-state index < -0.39 is 30.0 Å². The summed E-state index contributed by atoms with van der Waals surface area (Å²) in [5, 5.41) is 20.3. The minimum Gasteiger partial charge on any atom is -0.493 e. The van der Waals surface area contributed by atoms with Gasteiger partial charge in [0.15, 0.2) is 11.5 Å². The van der Waals surface area contributed by atoms with E-state index in [2.05, 4.69) is 0 Å². The van der Waals surface area contributed by atoms with Crippen LogP contribution in [0.1, 0.15) is 39.8 Å². The number of nitrogens with zero attached hydrogens (tertiary/aromatic N) is 1. The van der Waals surface area contributed by atoms with Gasteiger partial charge in [0.05, 0.1) is 13.0 Å². The average Bonchev–Trinajstić information content (AvgIpc) is 3.00. The van der Waals surface area contributed by atoms with Gasteiger partial charge in [0.25, 0.3) is 0 Å². The lowest BCUT2D eigenvalue weighted by Gasteiger charge is -2.38. The normalized spacial score (nSPS) is 15.1. The van der Waals surface area contributed by atoms with Crippen LogP contribution in [-0.4, -0.2) is 46.1 Å². The first-order valence-corrected chi connectivity index (χ1v) is 13.1. The van der Waals surface area contributed by atoms with Crippen molar-refractivity contribution < 1.29 is 34.1 Å². The van der Waals surface area contributed by atoms with Gasteiger partial charge >= 0.3 is 11.9 Å². The molecule has 2 unspecified atom stereocenters. The summed E-state index contributed by atoms with van der Waals surface area (Å²) in [6, 6.07) is 29.2. The second kappa shape index (κ2) is 12.0. The van der Waals surface area contributed by atoms with E-state index in [1.807, 2.05) is 60.7 Å². The van der Waals surface area contributed by atoms with Crippen molar-refractivity contribution in [3.8, 4) is 11.5 Å². The third-order valence-corrected chi connectivity index (χ3v) is 7.30. The number of methoxy groups -OCH3 is 1. The smallest absolute Gasteiger partial charge is 0.349 e. The summed E-state index contributed by atoms with van der Waals surface area (Å²) < 4.78 is 11.6. The predicted molar refractivity (Wildman–Crippen MR) is 151 cm³/mol. The summed E-state index contributed by atoms with van der Waals surface area (Å²) in [4.78, 5) is 40.4. The highest BCUT2D eigenvalue weighted by atomic mass is 16.5. The minimum absolute atomic E-state index is 0.00469. The van der Waals surface area contributed by atoms with Crippen LogP contribution in [0.15, 0.2) is 103 Å². The Morgan fingerprint density at radius 3 is 1.80 bits per heavy atom. The van der Waals surface area contributed by atoms with Crippen LogP contribution in [0.25, 0.3) is 0 Å². The molecule has 2 N–H and O–H groups in total. The maximum absolute atomic E-state index is 14.2. The van der Waals surface area contributed by atoms with Gasteiger partial charge in [0, 0.05) is 24.1 Å². The van der Waals surface area contributed by atoms with Crippen LogP contribution in [0.4, 0.5) is 0 Å². The predicted octanol–water partition coefficient (Wildman–Crippen LogP) is 5.07. The molecule has 8 nitrogen and oxygen atoms in total. The minimum atomic E-state index is -1.35. The summed E-state index contributed by atoms with van der Waals surface area (Å²) in [5.41, 5.74) is 3.09. The molecule has 0 fully saturated rings. The molecule has 41 heavy (non-hydrogen) atoms. The molecule has 0 bridgehead atoms. The average molecular weight is 552 g/mol. The van der Waals surface area contributed by atoms with Crippen molar-refractivity contribution in [3.05, 3.63) is 131 Å². The van der Waals surface area contributed by atoms with Gasteiger partial charge in [-0.05, 0) is 22.8 Å². The molecule has 4 aromatic carbocycles. The summed E-state index contributed by atoms with van der Waals surface area (Å²) in [6.07, 6.45) is -1.43. The molecule has 1 heterocycles. The topological polar surface area (TPSA) is 113 Å². The number of fused-ring (bicyclic) bond motifs is 1. The van der Waals surface area contributed by atoms with Crippen LogP contribution >= 0.6 is 0 Å². The zero-order valence-corrected chi connectivity index (χ0v) is 22.3. The Morgan fingerprint density at radius 1 is 0.780 bits per heavy atom. The molecule has 208 valence electrons. The molecule has 0 aromatic heterocycles. The number of hydrogen-bond acceptors (Lipinski definition) is 5. The van der Waals surface area contributed by atoms with E-state index in [1.54, 1.807) is 42.5 Å². The van der Waals surface area contributed by atoms with Crippen molar-refractivity contribution in [1.29, 1.82) is 0 Å². The monoisotopic (exact) mass is 551 g/mol. The lowest BCUT2D eigenvalue weighted by Crippen LogP contribution is -2.50. The molecule has 0 saturated heterocycles. The molecule has 0 radical (unpaired) electrons. The van der Waals surface area contributed by atoms with E-state index in [4.69, 9.17) is 9.47 Å². The molecule has 0 aliphatic carbocycles. The van der Waals surface area contributed by atoms with Gasteiger partial charge in [0.1, 0.15) is 6.04 Å². The Labute approximate surface area is 237 Å². The first-order valence-electron chi connectivity index (χ1n) is 13.1. The molecule has 2 atom stereocenters. The molecule has 1 amide bonds. The number of hydrogen-bond donors (Lipinski definition) is 2. The molecular formula is C33H29NO7. The number of rotatable bonds is 9. The maximum atomic E-state index is 14.2. The number of ether oxygens (including phenoxy) is 2. The molecule has 0 spiro atoms. The van der Waals surface area contributed by atoms with Gasteiger partial charge in [-0.3, -0.25) is 4.79 Å². The maximum Gasteiger partial charge on any atom is 0.349 e. The summed E-state index contributed by atoms with van der Waals surface area (Å²) in [7, 11) is 1.44. The van der Waals surface area contributed by atoms with Crippen molar-refractivity contribution in [3.63, 3.8) is 0 Å². The first kappa shape index (κ1) is 27.5. The standard InChI is InChI=1S/C33H29NO7/c1-40-27-18-17-24-20-34(31(35)28(21-11-5-2-6-12-21)22-13-7-3-8-14-22)26(32(36)37)19-25(24)30(27)41-29(33(38)39)23-15-9-4-10-16-23/h2-18,26,28-29H,19-20H2,1H3,(H,36,37)(H,38,39). The van der Waals surface area contributed by atoms with Gasteiger partial charge in [-0.15, -0.1) is 0 Å². The largest absolute Gasteiger partial charge is 0.493 e. The van der Waals surface area contributed by atoms with E-state index in [0.717, 1.165) is 11.1 Å². The second-order valence-electron chi connectivity index (χ2n) is 9.76. The van der Waals surface area contributed by atoms with Crippen LogP contribution in [0.5, 0.6) is 11.5 Å². The lowest BCUT2D eigenvalue weighted by atomic mass is 9.86. The van der Waals surface area contributed by atoms with Gasteiger partial charge < -0.3 is 24.6 Å². The van der Waals surface area contributed by atoms with Crippen molar-refractivity contribution in [1.82, 2.24) is 4.90 Å². The number of carboxylic acid groups (broad SMARTS) is 2. The van der Waals surface area contributed by atoms with Gasteiger partial charge in [-0.25, -0.2) is 9.59 Å². The van der Waals surface area contributed by atoms with Crippen molar-refractivity contribution in [2.75, 3.05) is 7.11 Å². The van der Waals surface area contributed by atoms with E-state index in [1.165, 1.54) is 12.0 Å². The second-order valence-corrected chi connectivity index (χ2v) is 9.76. The van der Waals surface area contributed by atoms with Crippen LogP contribution in [0.2, 0.25) is 0 Å². The number of amides is 1. The molecule has 1 aliphatic rings. The summed E-state index contributed by atoms with van der Waals surface area (Å²) in [6.45, 7) is 0.00469. The summed E-state index contributed by atoms with van der Waals surface area (Å²) >= 11 is 0. The highest BCUT2D eigenvalue weighted by molar-refractivity contribution is 5.91. The Balaban J connectivity index is 1.56. The van der Waals surface area contributed by atoms with Crippen molar-refractivity contribution >= 4 is 17.8 Å². The lowest BCUT2D eigenvalue weighted by molar-refractivity contribution is -0.151. The number of aliphatic carboxylic acids is 2. The fraction of sp³-hybridized carbons (Fsp3) is 0.182. The highest BCUT2D eigenvalue weighted by Gasteiger charge is 2.40. The van der Waals surface area contributed by atoms with Crippen LogP contribution < -0.4 is 9.47 Å². The molecule has 1 aliphatic heterocycles. The molecule has 0 saturated carbocycles. The van der Waals surface area contributed by atoms with E-state index in [-0.39, 0.29) is 30.4 Å². The Bertz CT molecular complexity index is 1500. The van der Waals surface area contributed by atoms with Crippen LogP contribution in [0.3, 0.4) is 0 Å². The number of benzene rings is 4. The van der Waals surface area contributed by atoms with Gasteiger partial charge in [-0.2, -0.15) is 0 Å². The van der Waals surface area contributed by atoms with Gasteiger partial charge in [-0.1, -0.05) is 97.1 Å². The molecule has 8 heteroatoms. The summed E-state index contributed by atoms with van der Waals surface area (Å²) in [5.74, 6) is -2.98. The number of carboxylic acids is 2. The third kappa shape index (κ3) is 5.63. The third-order valence-electron chi connectivity index (χ3n) is 7.30. The molecule has 4 aromatic rings. The Morgan fingerprint density at radius 2 is 1.32 bits per heavy atom. The number of carbonyl (C=O) groups excluding carboxylic acids is 1.